The van der Waals surface area contributed by atoms with E-state index in [2.05, 4.69) is 79.4 Å². The summed E-state index contributed by atoms with van der Waals surface area (Å²) in [6.45, 7) is 4.47. The van der Waals surface area contributed by atoms with Crippen LogP contribution in [0.15, 0.2) is 152 Å². The number of nitrogens with zero attached hydrogens (tertiary/aromatic N) is 2. The third-order valence-corrected chi connectivity index (χ3v) is 9.48. The van der Waals surface area contributed by atoms with Crippen molar-refractivity contribution >= 4 is 34.0 Å². The van der Waals surface area contributed by atoms with Gasteiger partial charge in [0.2, 0.25) is 0 Å². The Morgan fingerprint density at radius 3 is 1.93 bits per heavy atom. The minimum absolute atomic E-state index is 0.00847. The number of hydrogen-bond acceptors (Lipinski definition) is 4. The number of rotatable bonds is 6. The molecule has 5 nitrogen and oxygen atoms in total. The lowest BCUT2D eigenvalue weighted by Gasteiger charge is -2.53. The number of Topliss-reactive ketones (excluding diaryl/α,β-unsaturated/α-hetero) is 1. The first-order valence-corrected chi connectivity index (χ1v) is 15.1. The van der Waals surface area contributed by atoms with E-state index in [-0.39, 0.29) is 11.5 Å². The van der Waals surface area contributed by atoms with Gasteiger partial charge in [0.25, 0.3) is 5.69 Å². The van der Waals surface area contributed by atoms with Gasteiger partial charge in [0.15, 0.2) is 5.78 Å². The standard InChI is InChI=1S/C40H32N2O3/c1-39(2)35-20-12-13-21-36(35)41(32-18-10-5-11-19-32)40(39)27-31(28-14-6-3-7-15-28)26-34(29-22-24-33(25-23-29)42(44)45)37(40)38(43)30-16-8-4-9-17-30/h3-27,37H,1-2H3/t37-,40+/m1/s1. The molecule has 2 aliphatic rings. The van der Waals surface area contributed by atoms with Crippen LogP contribution in [0.2, 0.25) is 0 Å². The Bertz CT molecular complexity index is 1960. The molecular weight excluding hydrogens is 556 g/mol. The smallest absolute Gasteiger partial charge is 0.269 e. The summed E-state index contributed by atoms with van der Waals surface area (Å²) in [5, 5.41) is 11.6. The molecule has 0 radical (unpaired) electrons. The van der Waals surface area contributed by atoms with Gasteiger partial charge in [-0.15, -0.1) is 0 Å². The van der Waals surface area contributed by atoms with Crippen LogP contribution >= 0.6 is 0 Å². The second kappa shape index (κ2) is 10.9. The van der Waals surface area contributed by atoms with Gasteiger partial charge in [0.1, 0.15) is 0 Å². The summed E-state index contributed by atoms with van der Waals surface area (Å²) in [4.78, 5) is 28.8. The van der Waals surface area contributed by atoms with Gasteiger partial charge in [-0.05, 0) is 70.3 Å². The topological polar surface area (TPSA) is 63.4 Å². The number of nitro groups is 1. The molecule has 0 unspecified atom stereocenters. The van der Waals surface area contributed by atoms with Crippen LogP contribution in [0.5, 0.6) is 0 Å². The van der Waals surface area contributed by atoms with E-state index in [0.29, 0.717) is 5.56 Å². The maximum Gasteiger partial charge on any atom is 0.269 e. The lowest BCUT2D eigenvalue weighted by molar-refractivity contribution is -0.384. The van der Waals surface area contributed by atoms with Crippen LogP contribution in [0.4, 0.5) is 17.1 Å². The molecule has 0 saturated carbocycles. The highest BCUT2D eigenvalue weighted by molar-refractivity contribution is 6.10. The van der Waals surface area contributed by atoms with E-state index >= 15 is 4.79 Å². The van der Waals surface area contributed by atoms with Crippen LogP contribution in [0.1, 0.15) is 40.9 Å². The molecule has 7 rings (SSSR count). The van der Waals surface area contributed by atoms with Crippen molar-refractivity contribution in [2.24, 2.45) is 5.92 Å². The molecule has 0 bridgehead atoms. The van der Waals surface area contributed by atoms with E-state index in [1.165, 1.54) is 12.1 Å². The van der Waals surface area contributed by atoms with Gasteiger partial charge in [-0.2, -0.15) is 0 Å². The monoisotopic (exact) mass is 588 g/mol. The molecule has 0 N–H and O–H groups in total. The predicted octanol–water partition coefficient (Wildman–Crippen LogP) is 9.44. The summed E-state index contributed by atoms with van der Waals surface area (Å²) in [5.74, 6) is -0.679. The lowest BCUT2D eigenvalue weighted by atomic mass is 9.57. The van der Waals surface area contributed by atoms with Crippen molar-refractivity contribution in [2.75, 3.05) is 4.90 Å². The highest BCUT2D eigenvalue weighted by Crippen LogP contribution is 2.63. The zero-order chi connectivity index (χ0) is 31.2. The molecule has 5 aromatic rings. The number of ketones is 1. The number of hydrogen-bond donors (Lipinski definition) is 0. The summed E-state index contributed by atoms with van der Waals surface area (Å²) in [6, 6.07) is 45.0. The predicted molar refractivity (Wildman–Crippen MR) is 181 cm³/mol. The third-order valence-electron chi connectivity index (χ3n) is 9.48. The number of para-hydroxylation sites is 2. The van der Waals surface area contributed by atoms with Crippen LogP contribution in [0.3, 0.4) is 0 Å². The summed E-state index contributed by atoms with van der Waals surface area (Å²) in [5.41, 5.74) is 5.95. The number of non-ortho nitro benzene ring substituents is 1. The largest absolute Gasteiger partial charge is 0.330 e. The molecule has 5 heteroatoms. The summed E-state index contributed by atoms with van der Waals surface area (Å²) < 4.78 is 0. The van der Waals surface area contributed by atoms with Crippen LogP contribution in [-0.2, 0) is 5.41 Å². The maximum absolute atomic E-state index is 15.2. The Balaban J connectivity index is 1.60. The number of benzene rings is 5. The fourth-order valence-corrected chi connectivity index (χ4v) is 7.34. The van der Waals surface area contributed by atoms with Crippen molar-refractivity contribution < 1.29 is 9.72 Å². The van der Waals surface area contributed by atoms with E-state index in [9.17, 15) is 10.1 Å². The minimum Gasteiger partial charge on any atom is -0.330 e. The van der Waals surface area contributed by atoms with E-state index in [1.54, 1.807) is 12.1 Å². The van der Waals surface area contributed by atoms with E-state index in [4.69, 9.17) is 0 Å². The molecule has 0 aromatic heterocycles. The van der Waals surface area contributed by atoms with Crippen molar-refractivity contribution in [2.45, 2.75) is 24.8 Å². The number of allylic oxidation sites excluding steroid dienone is 2. The molecule has 1 aliphatic carbocycles. The molecule has 1 heterocycles. The molecule has 220 valence electrons. The van der Waals surface area contributed by atoms with Gasteiger partial charge < -0.3 is 4.90 Å². The van der Waals surface area contributed by atoms with Crippen molar-refractivity contribution in [3.05, 3.63) is 184 Å². The zero-order valence-electron chi connectivity index (χ0n) is 25.1. The molecule has 1 spiro atoms. The number of fused-ring (bicyclic) bond motifs is 1. The zero-order valence-corrected chi connectivity index (χ0v) is 25.1. The lowest BCUT2D eigenvalue weighted by Crippen LogP contribution is -2.61. The molecular formula is C40H32N2O3. The van der Waals surface area contributed by atoms with E-state index in [0.717, 1.165) is 39.2 Å². The van der Waals surface area contributed by atoms with Crippen molar-refractivity contribution in [3.63, 3.8) is 0 Å². The van der Waals surface area contributed by atoms with Crippen LogP contribution < -0.4 is 4.90 Å². The SMILES string of the molecule is CC1(C)c2ccccc2N(c2ccccc2)[C@]12C=C(c1ccccc1)C=C(c1ccc([N+](=O)[O-])cc1)[C@@H]2C(=O)c1ccccc1. The molecule has 5 aromatic carbocycles. The molecule has 2 atom stereocenters. The highest BCUT2D eigenvalue weighted by Gasteiger charge is 2.63. The highest BCUT2D eigenvalue weighted by atomic mass is 16.6. The summed E-state index contributed by atoms with van der Waals surface area (Å²) in [6.07, 6.45) is 4.41. The molecule has 45 heavy (non-hydrogen) atoms. The van der Waals surface area contributed by atoms with Crippen LogP contribution in [-0.4, -0.2) is 16.2 Å². The first-order valence-electron chi connectivity index (χ1n) is 15.1. The number of carbonyl (C=O) groups excluding carboxylic acids is 1. The number of carbonyl (C=O) groups is 1. The summed E-state index contributed by atoms with van der Waals surface area (Å²) in [7, 11) is 0. The second-order valence-corrected chi connectivity index (χ2v) is 12.2. The average Bonchev–Trinajstić information content (AvgIpc) is 3.27. The number of anilines is 2. The minimum atomic E-state index is -0.901. The Kier molecular flexibility index (Phi) is 6.82. The third kappa shape index (κ3) is 4.42. The van der Waals surface area contributed by atoms with Gasteiger partial charge >= 0.3 is 0 Å². The molecule has 1 aliphatic heterocycles. The molecule has 0 amide bonds. The van der Waals surface area contributed by atoms with Gasteiger partial charge in [0, 0.05) is 34.5 Å². The Morgan fingerprint density at radius 2 is 1.29 bits per heavy atom. The van der Waals surface area contributed by atoms with E-state index < -0.39 is 21.8 Å². The van der Waals surface area contributed by atoms with Crippen molar-refractivity contribution in [3.8, 4) is 0 Å². The first kappa shape index (κ1) is 28.2. The van der Waals surface area contributed by atoms with Gasteiger partial charge in [0.05, 0.1) is 16.4 Å². The number of nitro benzene ring substituents is 1. The maximum atomic E-state index is 15.2. The fourth-order valence-electron chi connectivity index (χ4n) is 7.34. The first-order chi connectivity index (χ1) is 21.8. The van der Waals surface area contributed by atoms with Crippen LogP contribution in [0, 0.1) is 16.0 Å². The van der Waals surface area contributed by atoms with Crippen molar-refractivity contribution in [1.82, 2.24) is 0 Å². The quantitative estimate of drug-likeness (QED) is 0.113. The van der Waals surface area contributed by atoms with E-state index in [1.807, 2.05) is 66.7 Å². The van der Waals surface area contributed by atoms with Gasteiger partial charge in [-0.1, -0.05) is 111 Å². The molecule has 0 saturated heterocycles. The second-order valence-electron chi connectivity index (χ2n) is 12.2. The van der Waals surface area contributed by atoms with Crippen molar-refractivity contribution in [1.29, 1.82) is 0 Å². The molecule has 0 fully saturated rings. The normalized spacial score (nSPS) is 19.9. The van der Waals surface area contributed by atoms with Gasteiger partial charge in [-0.3, -0.25) is 14.9 Å². The fraction of sp³-hybridized carbons (Fsp3) is 0.125. The average molecular weight is 589 g/mol. The Morgan fingerprint density at radius 1 is 0.711 bits per heavy atom. The Hall–Kier alpha value is -5.55. The Labute approximate surface area is 262 Å². The van der Waals surface area contributed by atoms with Gasteiger partial charge in [-0.25, -0.2) is 0 Å². The summed E-state index contributed by atoms with van der Waals surface area (Å²) >= 11 is 0. The van der Waals surface area contributed by atoms with Crippen LogP contribution in [0.25, 0.3) is 11.1 Å².